The van der Waals surface area contributed by atoms with Crippen LogP contribution < -0.4 is 22.1 Å². The summed E-state index contributed by atoms with van der Waals surface area (Å²) >= 11 is 0. The van der Waals surface area contributed by atoms with Crippen molar-refractivity contribution < 1.29 is 24.3 Å². The molecule has 0 aliphatic rings. The Morgan fingerprint density at radius 3 is 2.38 bits per heavy atom. The second-order valence-electron chi connectivity index (χ2n) is 6.82. The summed E-state index contributed by atoms with van der Waals surface area (Å²) in [5, 5.41) is 15.3. The normalized spacial score (nSPS) is 14.0. The summed E-state index contributed by atoms with van der Waals surface area (Å²) in [5.41, 5.74) is 12.2. The second kappa shape index (κ2) is 9.69. The number of benzene rings is 1. The van der Waals surface area contributed by atoms with Crippen LogP contribution in [0.4, 0.5) is 0 Å². The number of amides is 3. The topological polar surface area (TPSA) is 180 Å². The van der Waals surface area contributed by atoms with Crippen LogP contribution >= 0.6 is 0 Å². The zero-order chi connectivity index (χ0) is 21.6. The Kier molecular flexibility index (Phi) is 7.32. The highest BCUT2D eigenvalue weighted by Crippen LogP contribution is 2.19. The molecule has 3 amide bonds. The van der Waals surface area contributed by atoms with Crippen molar-refractivity contribution in [2.75, 3.05) is 0 Å². The number of primary amides is 1. The maximum atomic E-state index is 12.6. The molecule has 2 aromatic rings. The maximum absolute atomic E-state index is 12.6. The van der Waals surface area contributed by atoms with Crippen molar-refractivity contribution in [2.45, 2.75) is 44.3 Å². The van der Waals surface area contributed by atoms with E-state index in [2.05, 4.69) is 15.6 Å². The number of nitrogens with one attached hydrogen (secondary N) is 3. The highest BCUT2D eigenvalue weighted by molar-refractivity contribution is 5.92. The highest BCUT2D eigenvalue weighted by Gasteiger charge is 2.28. The molecule has 0 spiro atoms. The zero-order valence-electron chi connectivity index (χ0n) is 16.0. The van der Waals surface area contributed by atoms with Crippen molar-refractivity contribution in [1.29, 1.82) is 0 Å². The molecule has 2 rings (SSSR count). The Morgan fingerprint density at radius 1 is 1.10 bits per heavy atom. The predicted octanol–water partition coefficient (Wildman–Crippen LogP) is -0.623. The van der Waals surface area contributed by atoms with Crippen LogP contribution in [0.5, 0.6) is 0 Å². The monoisotopic (exact) mass is 403 g/mol. The summed E-state index contributed by atoms with van der Waals surface area (Å²) in [6, 6.07) is 4.15. The van der Waals surface area contributed by atoms with Gasteiger partial charge in [-0.3, -0.25) is 14.4 Å². The zero-order valence-corrected chi connectivity index (χ0v) is 16.0. The fraction of sp³-hybridized carbons (Fsp3) is 0.368. The largest absolute Gasteiger partial charge is 0.480 e. The van der Waals surface area contributed by atoms with Crippen LogP contribution in [-0.4, -0.2) is 51.9 Å². The number of hydrogen-bond acceptors (Lipinski definition) is 5. The van der Waals surface area contributed by atoms with E-state index >= 15 is 0 Å². The second-order valence-corrected chi connectivity index (χ2v) is 6.82. The van der Waals surface area contributed by atoms with E-state index in [4.69, 9.17) is 11.5 Å². The summed E-state index contributed by atoms with van der Waals surface area (Å²) in [5.74, 6) is -3.20. The first-order chi connectivity index (χ1) is 13.7. The summed E-state index contributed by atoms with van der Waals surface area (Å²) in [6.45, 7) is 1.44. The number of H-pyrrole nitrogens is 1. The molecule has 0 unspecified atom stereocenters. The molecule has 0 saturated heterocycles. The van der Waals surface area contributed by atoms with E-state index in [-0.39, 0.29) is 19.3 Å². The third-order valence-corrected chi connectivity index (χ3v) is 4.44. The van der Waals surface area contributed by atoms with Crippen LogP contribution in [0.2, 0.25) is 0 Å². The van der Waals surface area contributed by atoms with Crippen molar-refractivity contribution in [2.24, 2.45) is 11.5 Å². The molecular weight excluding hydrogens is 378 g/mol. The molecule has 8 N–H and O–H groups in total. The molecule has 29 heavy (non-hydrogen) atoms. The third-order valence-electron chi connectivity index (χ3n) is 4.44. The number of aromatic nitrogens is 1. The van der Waals surface area contributed by atoms with Gasteiger partial charge in [-0.2, -0.15) is 0 Å². The lowest BCUT2D eigenvalue weighted by atomic mass is 10.0. The molecule has 0 aliphatic heterocycles. The average Bonchev–Trinajstić information content (AvgIpc) is 3.06. The number of rotatable bonds is 10. The van der Waals surface area contributed by atoms with Gasteiger partial charge in [-0.05, 0) is 25.0 Å². The summed E-state index contributed by atoms with van der Waals surface area (Å²) in [4.78, 5) is 50.3. The van der Waals surface area contributed by atoms with E-state index in [9.17, 15) is 24.3 Å². The van der Waals surface area contributed by atoms with Gasteiger partial charge in [-0.25, -0.2) is 4.79 Å². The van der Waals surface area contributed by atoms with Gasteiger partial charge in [-0.15, -0.1) is 0 Å². The molecule has 10 nitrogen and oxygen atoms in total. The smallest absolute Gasteiger partial charge is 0.326 e. The molecule has 156 valence electrons. The van der Waals surface area contributed by atoms with E-state index < -0.39 is 41.8 Å². The van der Waals surface area contributed by atoms with Crippen LogP contribution in [-0.2, 0) is 25.6 Å². The van der Waals surface area contributed by atoms with E-state index in [1.54, 1.807) is 6.20 Å². The van der Waals surface area contributed by atoms with Gasteiger partial charge in [0.15, 0.2) is 0 Å². The summed E-state index contributed by atoms with van der Waals surface area (Å²) in [6.07, 6.45) is 1.50. The minimum atomic E-state index is -1.23. The van der Waals surface area contributed by atoms with Gasteiger partial charge < -0.3 is 32.2 Å². The Bertz CT molecular complexity index is 907. The molecule has 0 radical (unpaired) electrons. The highest BCUT2D eigenvalue weighted by atomic mass is 16.4. The molecule has 1 aromatic heterocycles. The standard InChI is InChI=1S/C19H25N5O5/c1-10(20)17(26)23-14(6-7-16(21)25)18(27)24-15(19(28)29)8-11-9-22-13-5-3-2-4-12(11)13/h2-5,9-10,14-15,22H,6-8,20H2,1H3,(H2,21,25)(H,23,26)(H,24,27)(H,28,29)/t10-,14-,15-/m0/s1. The molecule has 10 heteroatoms. The van der Waals surface area contributed by atoms with Gasteiger partial charge in [0.1, 0.15) is 12.1 Å². The lowest BCUT2D eigenvalue weighted by molar-refractivity contribution is -0.142. The van der Waals surface area contributed by atoms with Crippen LogP contribution in [0.1, 0.15) is 25.3 Å². The quantitative estimate of drug-likeness (QED) is 0.307. The number of carbonyl (C=O) groups excluding carboxylic acids is 3. The van der Waals surface area contributed by atoms with Gasteiger partial charge in [0.25, 0.3) is 0 Å². The van der Waals surface area contributed by atoms with Gasteiger partial charge in [0.05, 0.1) is 6.04 Å². The minimum Gasteiger partial charge on any atom is -0.480 e. The lowest BCUT2D eigenvalue weighted by Crippen LogP contribution is -2.54. The van der Waals surface area contributed by atoms with Gasteiger partial charge in [0, 0.05) is 29.9 Å². The molecule has 1 heterocycles. The van der Waals surface area contributed by atoms with E-state index in [0.717, 1.165) is 16.5 Å². The molecule has 0 saturated carbocycles. The molecule has 3 atom stereocenters. The van der Waals surface area contributed by atoms with Crippen LogP contribution in [0.15, 0.2) is 30.5 Å². The number of aliphatic carboxylic acids is 1. The lowest BCUT2D eigenvalue weighted by Gasteiger charge is -2.22. The number of fused-ring (bicyclic) bond motifs is 1. The first-order valence-corrected chi connectivity index (χ1v) is 9.11. The van der Waals surface area contributed by atoms with E-state index in [0.29, 0.717) is 0 Å². The van der Waals surface area contributed by atoms with Gasteiger partial charge >= 0.3 is 5.97 Å². The van der Waals surface area contributed by atoms with Crippen molar-refractivity contribution in [3.05, 3.63) is 36.0 Å². The molecule has 0 aliphatic carbocycles. The molecule has 0 bridgehead atoms. The van der Waals surface area contributed by atoms with Crippen LogP contribution in [0.25, 0.3) is 10.9 Å². The predicted molar refractivity (Wildman–Crippen MR) is 106 cm³/mol. The van der Waals surface area contributed by atoms with Crippen LogP contribution in [0, 0.1) is 0 Å². The summed E-state index contributed by atoms with van der Waals surface area (Å²) < 4.78 is 0. The first kappa shape index (κ1) is 21.9. The number of carboxylic acids is 1. The SMILES string of the molecule is C[C@H](N)C(=O)N[C@@H](CCC(N)=O)C(=O)N[C@@H](Cc1c[nH]c2ccccc12)C(=O)O. The number of carboxylic acid groups (broad SMARTS) is 1. The molecule has 0 fully saturated rings. The van der Waals surface area contributed by atoms with Gasteiger partial charge in [-0.1, -0.05) is 18.2 Å². The van der Waals surface area contributed by atoms with Crippen molar-refractivity contribution in [1.82, 2.24) is 15.6 Å². The third kappa shape index (κ3) is 6.04. The number of aromatic amines is 1. The number of hydrogen-bond donors (Lipinski definition) is 6. The van der Waals surface area contributed by atoms with E-state index in [1.807, 2.05) is 24.3 Å². The Morgan fingerprint density at radius 2 is 1.76 bits per heavy atom. The Balaban J connectivity index is 2.14. The minimum absolute atomic E-state index is 0.0366. The summed E-state index contributed by atoms with van der Waals surface area (Å²) in [7, 11) is 0. The Hall–Kier alpha value is -3.40. The van der Waals surface area contributed by atoms with E-state index in [1.165, 1.54) is 6.92 Å². The van der Waals surface area contributed by atoms with Crippen molar-refractivity contribution >= 4 is 34.6 Å². The number of carbonyl (C=O) groups is 4. The fourth-order valence-corrected chi connectivity index (χ4v) is 2.85. The first-order valence-electron chi connectivity index (χ1n) is 9.11. The van der Waals surface area contributed by atoms with Crippen molar-refractivity contribution in [3.63, 3.8) is 0 Å². The van der Waals surface area contributed by atoms with Crippen molar-refractivity contribution in [3.8, 4) is 0 Å². The maximum Gasteiger partial charge on any atom is 0.326 e. The fourth-order valence-electron chi connectivity index (χ4n) is 2.85. The average molecular weight is 403 g/mol. The molecule has 1 aromatic carbocycles. The number of para-hydroxylation sites is 1. The molecular formula is C19H25N5O5. The van der Waals surface area contributed by atoms with Gasteiger partial charge in [0.2, 0.25) is 17.7 Å². The number of nitrogens with two attached hydrogens (primary N) is 2. The van der Waals surface area contributed by atoms with Crippen LogP contribution in [0.3, 0.4) is 0 Å². The Labute approximate surface area is 167 Å².